The highest BCUT2D eigenvalue weighted by atomic mass is 16.8. The number of carbonyl (C=O) groups is 1. The van der Waals surface area contributed by atoms with Gasteiger partial charge >= 0.3 is 5.97 Å². The molecule has 1 fully saturated rings. The fourth-order valence-electron chi connectivity index (χ4n) is 2.82. The van der Waals surface area contributed by atoms with Crippen LogP contribution in [-0.2, 0) is 23.7 Å². The molecule has 1 aromatic rings. The highest BCUT2D eigenvalue weighted by Gasteiger charge is 2.47. The fraction of sp³-hybridized carbons (Fsp3) is 0.471. The second-order valence-electron chi connectivity index (χ2n) is 5.86. The third-order valence-corrected chi connectivity index (χ3v) is 3.91. The maximum absolute atomic E-state index is 12.3. The molecule has 2 heterocycles. The molecule has 0 saturated carbocycles. The molecule has 0 aromatic heterocycles. The second kappa shape index (κ2) is 5.86. The van der Waals surface area contributed by atoms with E-state index in [1.54, 1.807) is 31.4 Å². The number of ether oxygens (including phenoxy) is 5. The van der Waals surface area contributed by atoms with Crippen molar-refractivity contribution in [2.75, 3.05) is 20.8 Å². The summed E-state index contributed by atoms with van der Waals surface area (Å²) in [5, 5.41) is 0. The van der Waals surface area contributed by atoms with Crippen molar-refractivity contribution in [2.45, 2.75) is 31.8 Å². The summed E-state index contributed by atoms with van der Waals surface area (Å²) >= 11 is 0. The molecule has 2 aliphatic heterocycles. The predicted octanol–water partition coefficient (Wildman–Crippen LogP) is 2.13. The summed E-state index contributed by atoms with van der Waals surface area (Å²) in [4.78, 5) is 12.3. The molecule has 6 heteroatoms. The lowest BCUT2D eigenvalue weighted by Gasteiger charge is -2.21. The molecule has 124 valence electrons. The van der Waals surface area contributed by atoms with Gasteiger partial charge in [0.05, 0.1) is 20.8 Å². The number of hydrogen-bond acceptors (Lipinski definition) is 6. The van der Waals surface area contributed by atoms with Gasteiger partial charge in [0.2, 0.25) is 0 Å². The van der Waals surface area contributed by atoms with Gasteiger partial charge in [-0.15, -0.1) is 0 Å². The Morgan fingerprint density at radius 3 is 2.35 bits per heavy atom. The molecule has 0 unspecified atom stereocenters. The molecule has 23 heavy (non-hydrogen) atoms. The van der Waals surface area contributed by atoms with Crippen LogP contribution in [-0.4, -0.2) is 44.8 Å². The summed E-state index contributed by atoms with van der Waals surface area (Å²) in [7, 11) is 3.11. The zero-order valence-corrected chi connectivity index (χ0v) is 13.6. The molecule has 2 aliphatic rings. The molecule has 0 aliphatic carbocycles. The van der Waals surface area contributed by atoms with Gasteiger partial charge in [-0.2, -0.15) is 0 Å². The molecular weight excluding hydrogens is 300 g/mol. The van der Waals surface area contributed by atoms with Crippen LogP contribution in [0.15, 0.2) is 30.0 Å². The van der Waals surface area contributed by atoms with Gasteiger partial charge in [0, 0.05) is 0 Å². The number of carbonyl (C=O) groups excluding carboxylic acids is 1. The van der Waals surface area contributed by atoms with Crippen molar-refractivity contribution in [1.29, 1.82) is 0 Å². The van der Waals surface area contributed by atoms with Crippen molar-refractivity contribution in [2.24, 2.45) is 0 Å². The van der Waals surface area contributed by atoms with Gasteiger partial charge in [0.1, 0.15) is 17.4 Å². The number of cyclic esters (lactones) is 1. The van der Waals surface area contributed by atoms with E-state index in [1.165, 1.54) is 7.11 Å². The summed E-state index contributed by atoms with van der Waals surface area (Å²) in [6.45, 7) is 3.99. The third-order valence-electron chi connectivity index (χ3n) is 3.91. The van der Waals surface area contributed by atoms with E-state index in [-0.39, 0.29) is 6.10 Å². The largest absolute Gasteiger partial charge is 0.497 e. The Morgan fingerprint density at radius 2 is 1.83 bits per heavy atom. The lowest BCUT2D eigenvalue weighted by Crippen LogP contribution is -2.33. The van der Waals surface area contributed by atoms with E-state index >= 15 is 0 Å². The Hall–Kier alpha value is -2.05. The molecule has 0 spiro atoms. The molecular formula is C17H20O6. The Balaban J connectivity index is 1.93. The van der Waals surface area contributed by atoms with Crippen LogP contribution in [0.2, 0.25) is 0 Å². The van der Waals surface area contributed by atoms with E-state index in [9.17, 15) is 4.79 Å². The highest BCUT2D eigenvalue weighted by molar-refractivity contribution is 6.19. The Kier molecular flexibility index (Phi) is 4.04. The molecule has 0 amide bonds. The minimum atomic E-state index is -0.696. The van der Waals surface area contributed by atoms with Gasteiger partial charge < -0.3 is 23.7 Å². The quantitative estimate of drug-likeness (QED) is 0.792. The summed E-state index contributed by atoms with van der Waals surface area (Å²) in [5.41, 5.74) is 1.13. The Labute approximate surface area is 134 Å². The van der Waals surface area contributed by atoms with E-state index in [0.717, 1.165) is 0 Å². The smallest absolute Gasteiger partial charge is 0.343 e. The van der Waals surface area contributed by atoms with Gasteiger partial charge in [-0.05, 0) is 31.5 Å². The molecule has 0 bridgehead atoms. The predicted molar refractivity (Wildman–Crippen MR) is 81.7 cm³/mol. The summed E-state index contributed by atoms with van der Waals surface area (Å²) < 4.78 is 27.5. The van der Waals surface area contributed by atoms with E-state index in [0.29, 0.717) is 29.3 Å². The minimum absolute atomic E-state index is 0.341. The van der Waals surface area contributed by atoms with Gasteiger partial charge in [-0.25, -0.2) is 4.79 Å². The van der Waals surface area contributed by atoms with Crippen molar-refractivity contribution in [3.05, 3.63) is 35.6 Å². The first-order valence-electron chi connectivity index (χ1n) is 7.40. The lowest BCUT2D eigenvalue weighted by molar-refractivity contribution is -0.162. The van der Waals surface area contributed by atoms with Crippen LogP contribution < -0.4 is 4.74 Å². The topological polar surface area (TPSA) is 63.2 Å². The van der Waals surface area contributed by atoms with Gasteiger partial charge in [-0.3, -0.25) is 0 Å². The average Bonchev–Trinajstić information content (AvgIpc) is 3.06. The lowest BCUT2D eigenvalue weighted by atomic mass is 10.0. The highest BCUT2D eigenvalue weighted by Crippen LogP contribution is 2.37. The minimum Gasteiger partial charge on any atom is -0.497 e. The molecule has 1 aromatic carbocycles. The summed E-state index contributed by atoms with van der Waals surface area (Å²) in [5.74, 6) is 0.0565. The standard InChI is InChI=1S/C17H20O6/c1-17(2)21-9-12(23-17)14-15(20-4)13(16(18)22-14)10-5-7-11(19-3)8-6-10/h5-8,12,14H,9H2,1-4H3/t12-,14+/m0/s1. The van der Waals surface area contributed by atoms with E-state index < -0.39 is 17.9 Å². The average molecular weight is 320 g/mol. The van der Waals surface area contributed by atoms with Crippen molar-refractivity contribution in [3.8, 4) is 5.75 Å². The van der Waals surface area contributed by atoms with Crippen LogP contribution in [0, 0.1) is 0 Å². The maximum atomic E-state index is 12.3. The van der Waals surface area contributed by atoms with Crippen molar-refractivity contribution < 1.29 is 28.5 Å². The van der Waals surface area contributed by atoms with Crippen LogP contribution >= 0.6 is 0 Å². The van der Waals surface area contributed by atoms with Gasteiger partial charge in [0.15, 0.2) is 17.7 Å². The Bertz CT molecular complexity index is 631. The van der Waals surface area contributed by atoms with Crippen LogP contribution in [0.1, 0.15) is 19.4 Å². The summed E-state index contributed by atoms with van der Waals surface area (Å²) in [6.07, 6.45) is -0.994. The molecule has 0 radical (unpaired) electrons. The molecule has 1 saturated heterocycles. The zero-order valence-electron chi connectivity index (χ0n) is 13.6. The maximum Gasteiger partial charge on any atom is 0.343 e. The van der Waals surface area contributed by atoms with Gasteiger partial charge in [-0.1, -0.05) is 12.1 Å². The monoisotopic (exact) mass is 320 g/mol. The number of benzene rings is 1. The second-order valence-corrected chi connectivity index (χ2v) is 5.86. The SMILES string of the molecule is COC1=C(c2ccc(OC)cc2)C(=O)O[C@@H]1[C@@H]1COC(C)(C)O1. The number of rotatable bonds is 4. The number of hydrogen-bond donors (Lipinski definition) is 0. The first kappa shape index (κ1) is 15.8. The van der Waals surface area contributed by atoms with Crippen molar-refractivity contribution in [3.63, 3.8) is 0 Å². The molecule has 0 N–H and O–H groups in total. The Morgan fingerprint density at radius 1 is 1.13 bits per heavy atom. The molecule has 6 nitrogen and oxygen atoms in total. The van der Waals surface area contributed by atoms with Crippen LogP contribution in [0.25, 0.3) is 5.57 Å². The van der Waals surface area contributed by atoms with E-state index in [4.69, 9.17) is 23.7 Å². The first-order chi connectivity index (χ1) is 10.9. The fourth-order valence-corrected chi connectivity index (χ4v) is 2.82. The number of esters is 1. The van der Waals surface area contributed by atoms with Crippen LogP contribution in [0.3, 0.4) is 0 Å². The van der Waals surface area contributed by atoms with Crippen molar-refractivity contribution in [1.82, 2.24) is 0 Å². The normalized spacial score (nSPS) is 26.3. The molecule has 3 rings (SSSR count). The molecule has 2 atom stereocenters. The van der Waals surface area contributed by atoms with Crippen molar-refractivity contribution >= 4 is 11.5 Å². The zero-order chi connectivity index (χ0) is 16.6. The van der Waals surface area contributed by atoms with Crippen LogP contribution in [0.4, 0.5) is 0 Å². The van der Waals surface area contributed by atoms with E-state index in [2.05, 4.69) is 0 Å². The van der Waals surface area contributed by atoms with Gasteiger partial charge in [0.25, 0.3) is 0 Å². The first-order valence-corrected chi connectivity index (χ1v) is 7.40. The number of methoxy groups -OCH3 is 2. The van der Waals surface area contributed by atoms with Crippen LogP contribution in [0.5, 0.6) is 5.75 Å². The third kappa shape index (κ3) is 2.92. The van der Waals surface area contributed by atoms with E-state index in [1.807, 2.05) is 13.8 Å². The summed E-state index contributed by atoms with van der Waals surface area (Å²) in [6, 6.07) is 7.17.